The third-order valence-electron chi connectivity index (χ3n) is 3.91. The topological polar surface area (TPSA) is 43.8 Å². The van der Waals surface area contributed by atoms with Crippen LogP contribution in [0.25, 0.3) is 0 Å². The lowest BCUT2D eigenvalue weighted by molar-refractivity contribution is 0.403. The average molecular weight is 320 g/mol. The Balaban J connectivity index is 1.92. The first-order valence-electron chi connectivity index (χ1n) is 7.55. The molecule has 5 heteroatoms. The van der Waals surface area contributed by atoms with Gasteiger partial charge in [0.15, 0.2) is 11.5 Å². The van der Waals surface area contributed by atoms with Crippen molar-refractivity contribution in [3.63, 3.8) is 0 Å². The minimum absolute atomic E-state index is 0.709. The summed E-state index contributed by atoms with van der Waals surface area (Å²) in [5.74, 6) is 3.71. The Labute approximate surface area is 140 Å². The van der Waals surface area contributed by atoms with Crippen LogP contribution in [0.5, 0.6) is 23.0 Å². The minimum atomic E-state index is 0.709. The number of fused-ring (bicyclic) bond motifs is 2. The molecule has 0 N–H and O–H groups in total. The Bertz CT molecular complexity index is 828. The third-order valence-corrected chi connectivity index (χ3v) is 3.91. The molecule has 0 saturated heterocycles. The number of hydrogen-bond donors (Lipinski definition) is 0. The van der Waals surface area contributed by atoms with Gasteiger partial charge in [-0.15, -0.1) is 0 Å². The maximum absolute atomic E-state index is 6.08. The number of ether oxygens (including phenoxy) is 3. The zero-order valence-electron chi connectivity index (χ0n) is 13.4. The standard InChI is InChI=1S/C19H16N2O3/c1-22-13-6-8-15-17(11-13)24-18-12-14(23-2)7-9-16(18)21(15)19-5-3-4-10-20-19/h3-12H,1-2H3. The van der Waals surface area contributed by atoms with Crippen LogP contribution in [0.3, 0.4) is 0 Å². The quantitative estimate of drug-likeness (QED) is 0.548. The van der Waals surface area contributed by atoms with Gasteiger partial charge in [-0.25, -0.2) is 4.98 Å². The van der Waals surface area contributed by atoms with E-state index in [-0.39, 0.29) is 0 Å². The number of anilines is 3. The Hall–Kier alpha value is -3.21. The van der Waals surface area contributed by atoms with Gasteiger partial charge >= 0.3 is 0 Å². The molecule has 120 valence electrons. The lowest BCUT2D eigenvalue weighted by atomic mass is 10.1. The number of hydrogen-bond acceptors (Lipinski definition) is 5. The van der Waals surface area contributed by atoms with Crippen molar-refractivity contribution in [3.05, 3.63) is 60.8 Å². The zero-order valence-corrected chi connectivity index (χ0v) is 13.4. The maximum Gasteiger partial charge on any atom is 0.155 e. The second-order valence-corrected chi connectivity index (χ2v) is 5.29. The summed E-state index contributed by atoms with van der Waals surface area (Å²) in [5.41, 5.74) is 1.82. The lowest BCUT2D eigenvalue weighted by Gasteiger charge is -2.32. The van der Waals surface area contributed by atoms with Crippen LogP contribution in [0.15, 0.2) is 60.8 Å². The molecule has 5 nitrogen and oxygen atoms in total. The summed E-state index contributed by atoms with van der Waals surface area (Å²) in [6.07, 6.45) is 1.77. The van der Waals surface area contributed by atoms with Gasteiger partial charge in [0.2, 0.25) is 0 Å². The molecule has 0 bridgehead atoms. The highest BCUT2D eigenvalue weighted by molar-refractivity contribution is 5.85. The first-order chi connectivity index (χ1) is 11.8. The Morgan fingerprint density at radius 3 is 1.96 bits per heavy atom. The molecule has 4 rings (SSSR count). The van der Waals surface area contributed by atoms with Crippen molar-refractivity contribution < 1.29 is 14.2 Å². The lowest BCUT2D eigenvalue weighted by Crippen LogP contribution is -2.16. The molecule has 0 saturated carbocycles. The molecule has 0 radical (unpaired) electrons. The normalized spacial score (nSPS) is 12.0. The summed E-state index contributed by atoms with van der Waals surface area (Å²) in [4.78, 5) is 6.56. The summed E-state index contributed by atoms with van der Waals surface area (Å²) < 4.78 is 16.7. The van der Waals surface area contributed by atoms with E-state index in [1.54, 1.807) is 20.4 Å². The van der Waals surface area contributed by atoms with Crippen molar-refractivity contribution in [2.24, 2.45) is 0 Å². The number of aromatic nitrogens is 1. The summed E-state index contributed by atoms with van der Waals surface area (Å²) in [6, 6.07) is 17.3. The second kappa shape index (κ2) is 5.77. The fraction of sp³-hybridized carbons (Fsp3) is 0.105. The second-order valence-electron chi connectivity index (χ2n) is 5.29. The van der Waals surface area contributed by atoms with Gasteiger partial charge in [-0.05, 0) is 36.4 Å². The van der Waals surface area contributed by atoms with Crippen LogP contribution in [0.2, 0.25) is 0 Å². The zero-order chi connectivity index (χ0) is 16.5. The Kier molecular flexibility index (Phi) is 3.46. The van der Waals surface area contributed by atoms with E-state index >= 15 is 0 Å². The van der Waals surface area contributed by atoms with E-state index < -0.39 is 0 Å². The van der Waals surface area contributed by atoms with E-state index in [2.05, 4.69) is 9.88 Å². The molecular weight excluding hydrogens is 304 g/mol. The van der Waals surface area contributed by atoms with Crippen molar-refractivity contribution >= 4 is 17.2 Å². The van der Waals surface area contributed by atoms with Gasteiger partial charge in [-0.2, -0.15) is 0 Å². The van der Waals surface area contributed by atoms with E-state index in [4.69, 9.17) is 14.2 Å². The average Bonchev–Trinajstić information content (AvgIpc) is 2.65. The van der Waals surface area contributed by atoms with E-state index in [1.165, 1.54) is 0 Å². The van der Waals surface area contributed by atoms with Gasteiger partial charge < -0.3 is 14.2 Å². The summed E-state index contributed by atoms with van der Waals surface area (Å²) >= 11 is 0. The van der Waals surface area contributed by atoms with Crippen LogP contribution in [0, 0.1) is 0 Å². The highest BCUT2D eigenvalue weighted by atomic mass is 16.5. The van der Waals surface area contributed by atoms with Crippen molar-refractivity contribution in [1.82, 2.24) is 4.98 Å². The number of rotatable bonds is 3. The van der Waals surface area contributed by atoms with E-state index in [1.807, 2.05) is 54.6 Å². The monoisotopic (exact) mass is 320 g/mol. The van der Waals surface area contributed by atoms with Gasteiger partial charge in [-0.3, -0.25) is 4.90 Å². The first kappa shape index (κ1) is 14.4. The SMILES string of the molecule is COc1ccc2c(c1)Oc1cc(OC)ccc1N2c1ccccn1. The van der Waals surface area contributed by atoms with Crippen LogP contribution in [0.1, 0.15) is 0 Å². The molecule has 0 atom stereocenters. The molecule has 0 aliphatic carbocycles. The van der Waals surface area contributed by atoms with E-state index in [0.29, 0.717) is 11.5 Å². The highest BCUT2D eigenvalue weighted by Crippen LogP contribution is 2.51. The molecule has 0 spiro atoms. The molecule has 3 aromatic rings. The van der Waals surface area contributed by atoms with E-state index in [9.17, 15) is 0 Å². The smallest absolute Gasteiger partial charge is 0.155 e. The molecule has 2 heterocycles. The van der Waals surface area contributed by atoms with Gasteiger partial charge in [-0.1, -0.05) is 6.07 Å². The van der Waals surface area contributed by atoms with Crippen molar-refractivity contribution in [3.8, 4) is 23.0 Å². The van der Waals surface area contributed by atoms with E-state index in [0.717, 1.165) is 28.7 Å². The largest absolute Gasteiger partial charge is 0.497 e. The number of benzene rings is 2. The van der Waals surface area contributed by atoms with Crippen molar-refractivity contribution in [2.75, 3.05) is 19.1 Å². The Morgan fingerprint density at radius 2 is 1.46 bits per heavy atom. The summed E-state index contributed by atoms with van der Waals surface area (Å²) in [6.45, 7) is 0. The van der Waals surface area contributed by atoms with Gasteiger partial charge in [0, 0.05) is 18.3 Å². The molecule has 0 amide bonds. The van der Waals surface area contributed by atoms with Gasteiger partial charge in [0.05, 0.1) is 25.6 Å². The van der Waals surface area contributed by atoms with Crippen LogP contribution >= 0.6 is 0 Å². The molecular formula is C19H16N2O3. The van der Waals surface area contributed by atoms with Crippen LogP contribution in [0.4, 0.5) is 17.2 Å². The molecule has 1 aliphatic heterocycles. The van der Waals surface area contributed by atoms with Crippen LogP contribution in [-0.2, 0) is 0 Å². The number of pyridine rings is 1. The predicted molar refractivity (Wildman–Crippen MR) is 92.1 cm³/mol. The predicted octanol–water partition coefficient (Wildman–Crippen LogP) is 4.67. The molecule has 24 heavy (non-hydrogen) atoms. The Morgan fingerprint density at radius 1 is 0.833 bits per heavy atom. The first-order valence-corrected chi connectivity index (χ1v) is 7.55. The molecule has 2 aromatic carbocycles. The van der Waals surface area contributed by atoms with Crippen molar-refractivity contribution in [1.29, 1.82) is 0 Å². The van der Waals surface area contributed by atoms with Gasteiger partial charge in [0.25, 0.3) is 0 Å². The molecule has 1 aliphatic rings. The maximum atomic E-state index is 6.08. The van der Waals surface area contributed by atoms with Crippen LogP contribution in [-0.4, -0.2) is 19.2 Å². The minimum Gasteiger partial charge on any atom is -0.497 e. The third kappa shape index (κ3) is 2.31. The van der Waals surface area contributed by atoms with Crippen LogP contribution < -0.4 is 19.1 Å². The molecule has 1 aromatic heterocycles. The summed E-state index contributed by atoms with van der Waals surface area (Å²) in [7, 11) is 3.27. The fourth-order valence-corrected chi connectivity index (χ4v) is 2.76. The van der Waals surface area contributed by atoms with Crippen molar-refractivity contribution in [2.45, 2.75) is 0 Å². The fourth-order valence-electron chi connectivity index (χ4n) is 2.76. The summed E-state index contributed by atoms with van der Waals surface area (Å²) in [5, 5.41) is 0. The number of nitrogens with zero attached hydrogens (tertiary/aromatic N) is 2. The molecule has 0 unspecified atom stereocenters. The van der Waals surface area contributed by atoms with Gasteiger partial charge in [0.1, 0.15) is 17.3 Å². The number of methoxy groups -OCH3 is 2. The molecule has 0 fully saturated rings. The highest BCUT2D eigenvalue weighted by Gasteiger charge is 2.27.